The summed E-state index contributed by atoms with van der Waals surface area (Å²) in [6, 6.07) is 11.8. The molecule has 0 fully saturated rings. The van der Waals surface area contributed by atoms with Crippen molar-refractivity contribution in [2.75, 3.05) is 19.1 Å². The number of thioether (sulfide) groups is 1. The fourth-order valence-corrected chi connectivity index (χ4v) is 4.07. The normalized spacial score (nSPS) is 12.0. The van der Waals surface area contributed by atoms with Gasteiger partial charge in [-0.05, 0) is 42.2 Å². The molecule has 7 nitrogen and oxygen atoms in total. The van der Waals surface area contributed by atoms with Crippen LogP contribution in [0.5, 0.6) is 5.75 Å². The van der Waals surface area contributed by atoms with E-state index in [-0.39, 0.29) is 11.6 Å². The average Bonchev–Trinajstić information content (AvgIpc) is 3.06. The molecule has 1 heterocycles. The lowest BCUT2D eigenvalue weighted by molar-refractivity contribution is -0.384. The molecule has 29 heavy (non-hydrogen) atoms. The molecule has 0 atom stereocenters. The second-order valence-electron chi connectivity index (χ2n) is 5.99. The van der Waals surface area contributed by atoms with Gasteiger partial charge in [-0.1, -0.05) is 11.3 Å². The zero-order chi connectivity index (χ0) is 20.8. The topological polar surface area (TPSA) is 86.7 Å². The van der Waals surface area contributed by atoms with Crippen molar-refractivity contribution in [2.45, 2.75) is 6.54 Å². The Kier molecular flexibility index (Phi) is 6.84. The maximum Gasteiger partial charge on any atom is 0.272 e. The van der Waals surface area contributed by atoms with Crippen LogP contribution in [-0.4, -0.2) is 34.5 Å². The minimum Gasteiger partial charge on any atom is -0.497 e. The fourth-order valence-electron chi connectivity index (χ4n) is 2.67. The number of methoxy groups -OCH3 is 1. The molecule has 0 bridgehead atoms. The number of thiazole rings is 1. The Hall–Kier alpha value is -2.91. The largest absolute Gasteiger partial charge is 0.497 e. The number of rotatable bonds is 7. The Morgan fingerprint density at radius 3 is 2.72 bits per heavy atom. The van der Waals surface area contributed by atoms with Crippen LogP contribution in [0.15, 0.2) is 53.5 Å². The molecule has 1 amide bonds. The first kappa shape index (κ1) is 20.8. The third kappa shape index (κ3) is 5.12. The second kappa shape index (κ2) is 9.53. The lowest BCUT2D eigenvalue weighted by atomic mass is 10.2. The number of aromatic nitrogens is 1. The van der Waals surface area contributed by atoms with Crippen LogP contribution in [0.25, 0.3) is 16.3 Å². The first-order valence-corrected chi connectivity index (χ1v) is 10.9. The summed E-state index contributed by atoms with van der Waals surface area (Å²) in [7, 11) is 1.62. The van der Waals surface area contributed by atoms with Crippen molar-refractivity contribution >= 4 is 51.0 Å². The number of benzene rings is 2. The third-order valence-corrected chi connectivity index (χ3v) is 5.79. The Morgan fingerprint density at radius 2 is 2.07 bits per heavy atom. The quantitative estimate of drug-likeness (QED) is 0.320. The Balaban J connectivity index is 1.91. The van der Waals surface area contributed by atoms with Gasteiger partial charge in [-0.3, -0.25) is 14.9 Å². The van der Waals surface area contributed by atoms with E-state index in [9.17, 15) is 14.9 Å². The van der Waals surface area contributed by atoms with Gasteiger partial charge in [0.2, 0.25) is 0 Å². The fraction of sp³-hybridized carbons (Fsp3) is 0.200. The van der Waals surface area contributed by atoms with Crippen molar-refractivity contribution in [1.82, 2.24) is 4.57 Å². The van der Waals surface area contributed by atoms with Gasteiger partial charge in [0.05, 0.1) is 22.2 Å². The standard InChI is InChI=1S/C20H19N3O4S2/c1-27-16-8-9-18-17(13-16)22(11-12-28-2)20(29-18)21-19(24)10-5-14-3-6-15(7-4-14)23(25)26/h3-10,13H,11-12H2,1-2H3/b10-5+,21-20?. The summed E-state index contributed by atoms with van der Waals surface area (Å²) in [5.74, 6) is 1.26. The molecule has 0 N–H and O–H groups in total. The number of nitrogens with zero attached hydrogens (tertiary/aromatic N) is 3. The van der Waals surface area contributed by atoms with E-state index < -0.39 is 4.92 Å². The predicted molar refractivity (Wildman–Crippen MR) is 117 cm³/mol. The van der Waals surface area contributed by atoms with Crippen LogP contribution in [0.2, 0.25) is 0 Å². The van der Waals surface area contributed by atoms with Gasteiger partial charge in [-0.2, -0.15) is 16.8 Å². The summed E-state index contributed by atoms with van der Waals surface area (Å²) in [6.45, 7) is 0.729. The first-order chi connectivity index (χ1) is 14.0. The van der Waals surface area contributed by atoms with E-state index >= 15 is 0 Å². The molecule has 3 rings (SSSR count). The number of nitro groups is 1. The number of aryl methyl sites for hydroxylation is 1. The summed E-state index contributed by atoms with van der Waals surface area (Å²) in [5.41, 5.74) is 1.68. The highest BCUT2D eigenvalue weighted by atomic mass is 32.2. The Morgan fingerprint density at radius 1 is 1.31 bits per heavy atom. The van der Waals surface area contributed by atoms with Crippen LogP contribution in [0.1, 0.15) is 5.56 Å². The van der Waals surface area contributed by atoms with E-state index in [0.717, 1.165) is 28.3 Å². The Bertz CT molecular complexity index is 1130. The van der Waals surface area contributed by atoms with E-state index in [1.807, 2.05) is 29.0 Å². The van der Waals surface area contributed by atoms with Gasteiger partial charge < -0.3 is 9.30 Å². The van der Waals surface area contributed by atoms with E-state index in [4.69, 9.17) is 4.74 Å². The van der Waals surface area contributed by atoms with E-state index in [1.54, 1.807) is 37.1 Å². The number of non-ortho nitro benzene ring substituents is 1. The predicted octanol–water partition coefficient (Wildman–Crippen LogP) is 4.12. The molecule has 1 aromatic heterocycles. The number of amides is 1. The summed E-state index contributed by atoms with van der Waals surface area (Å²) in [4.78, 5) is 27.5. The molecule has 0 aliphatic carbocycles. The number of hydrogen-bond acceptors (Lipinski definition) is 6. The highest BCUT2D eigenvalue weighted by Gasteiger charge is 2.09. The molecule has 0 spiro atoms. The molecule has 0 aliphatic rings. The third-order valence-electron chi connectivity index (χ3n) is 4.14. The maximum absolute atomic E-state index is 12.4. The molecule has 9 heteroatoms. The van der Waals surface area contributed by atoms with Crippen molar-refractivity contribution in [3.63, 3.8) is 0 Å². The molecule has 0 radical (unpaired) electrons. The zero-order valence-corrected chi connectivity index (χ0v) is 17.5. The minimum absolute atomic E-state index is 0.00806. The van der Waals surface area contributed by atoms with Crippen molar-refractivity contribution in [3.8, 4) is 5.75 Å². The number of hydrogen-bond donors (Lipinski definition) is 0. The molecule has 150 valence electrons. The summed E-state index contributed by atoms with van der Waals surface area (Å²) >= 11 is 3.17. The van der Waals surface area contributed by atoms with Crippen molar-refractivity contribution < 1.29 is 14.5 Å². The van der Waals surface area contributed by atoms with Gasteiger partial charge in [0.25, 0.3) is 11.6 Å². The van der Waals surface area contributed by atoms with Crippen LogP contribution in [0.3, 0.4) is 0 Å². The highest BCUT2D eigenvalue weighted by Crippen LogP contribution is 2.23. The lowest BCUT2D eigenvalue weighted by Gasteiger charge is -2.05. The van der Waals surface area contributed by atoms with Gasteiger partial charge in [0.1, 0.15) is 5.75 Å². The molecule has 0 saturated heterocycles. The highest BCUT2D eigenvalue weighted by molar-refractivity contribution is 7.98. The van der Waals surface area contributed by atoms with Crippen LogP contribution in [-0.2, 0) is 11.3 Å². The van der Waals surface area contributed by atoms with Gasteiger partial charge in [-0.25, -0.2) is 0 Å². The Labute approximate surface area is 175 Å². The number of carbonyl (C=O) groups excluding carboxylic acids is 1. The minimum atomic E-state index is -0.461. The lowest BCUT2D eigenvalue weighted by Crippen LogP contribution is -2.17. The van der Waals surface area contributed by atoms with Crippen molar-refractivity contribution in [3.05, 3.63) is 69.0 Å². The molecule has 2 aromatic carbocycles. The van der Waals surface area contributed by atoms with Crippen LogP contribution in [0.4, 0.5) is 5.69 Å². The van der Waals surface area contributed by atoms with E-state index in [2.05, 4.69) is 4.99 Å². The van der Waals surface area contributed by atoms with Gasteiger partial charge >= 0.3 is 0 Å². The SMILES string of the molecule is COc1ccc2sc(=NC(=O)/C=C/c3ccc([N+](=O)[O-])cc3)n(CCSC)c2c1. The van der Waals surface area contributed by atoms with Gasteiger partial charge in [-0.15, -0.1) is 0 Å². The average molecular weight is 430 g/mol. The zero-order valence-electron chi connectivity index (χ0n) is 15.9. The van der Waals surface area contributed by atoms with Crippen LogP contribution >= 0.6 is 23.1 Å². The van der Waals surface area contributed by atoms with Crippen LogP contribution in [0, 0.1) is 10.1 Å². The molecule has 0 aliphatic heterocycles. The molecular formula is C20H19N3O4S2. The molecule has 0 saturated carbocycles. The second-order valence-corrected chi connectivity index (χ2v) is 7.99. The number of carbonyl (C=O) groups is 1. The summed E-state index contributed by atoms with van der Waals surface area (Å²) in [6.07, 6.45) is 4.99. The van der Waals surface area contributed by atoms with Crippen LogP contribution < -0.4 is 9.54 Å². The summed E-state index contributed by atoms with van der Waals surface area (Å²) in [5, 5.41) is 10.7. The van der Waals surface area contributed by atoms with E-state index in [1.165, 1.54) is 29.5 Å². The first-order valence-electron chi connectivity index (χ1n) is 8.69. The van der Waals surface area contributed by atoms with Crippen molar-refractivity contribution in [2.24, 2.45) is 4.99 Å². The van der Waals surface area contributed by atoms with E-state index in [0.29, 0.717) is 10.4 Å². The maximum atomic E-state index is 12.4. The number of fused-ring (bicyclic) bond motifs is 1. The smallest absolute Gasteiger partial charge is 0.272 e. The number of ether oxygens (including phenoxy) is 1. The van der Waals surface area contributed by atoms with Gasteiger partial charge in [0.15, 0.2) is 4.80 Å². The summed E-state index contributed by atoms with van der Waals surface area (Å²) < 4.78 is 8.37. The van der Waals surface area contributed by atoms with Crippen molar-refractivity contribution in [1.29, 1.82) is 0 Å². The number of nitro benzene ring substituents is 1. The monoisotopic (exact) mass is 429 g/mol. The molecule has 3 aromatic rings. The molecular weight excluding hydrogens is 410 g/mol. The molecule has 0 unspecified atom stereocenters. The van der Waals surface area contributed by atoms with Gasteiger partial charge in [0, 0.05) is 36.6 Å².